The molecule has 27 heavy (non-hydrogen) atoms. The third-order valence-corrected chi connectivity index (χ3v) is 4.46. The molecule has 3 aromatic heterocycles. The van der Waals surface area contributed by atoms with Crippen LogP contribution in [0.5, 0.6) is 0 Å². The van der Waals surface area contributed by atoms with E-state index in [0.29, 0.717) is 23.6 Å². The van der Waals surface area contributed by atoms with Crippen LogP contribution >= 0.6 is 0 Å². The zero-order valence-electron chi connectivity index (χ0n) is 14.1. The fraction of sp³-hybridized carbons (Fsp3) is 0.100. The molecule has 132 valence electrons. The number of benzene rings is 1. The number of amides is 1. The number of nitrogens with zero attached hydrogens (tertiary/aromatic N) is 4. The summed E-state index contributed by atoms with van der Waals surface area (Å²) in [5, 5.41) is 5.90. The quantitative estimate of drug-likeness (QED) is 0.556. The van der Waals surface area contributed by atoms with Crippen molar-refractivity contribution in [2.24, 2.45) is 5.10 Å². The highest BCUT2D eigenvalue weighted by atomic mass is 16.3. The van der Waals surface area contributed by atoms with E-state index < -0.39 is 0 Å². The summed E-state index contributed by atoms with van der Waals surface area (Å²) in [7, 11) is 0. The maximum absolute atomic E-state index is 12.9. The molecule has 0 fully saturated rings. The maximum Gasteiger partial charge on any atom is 0.310 e. The number of carbonyl (C=O) groups excluding carboxylic acids is 1. The van der Waals surface area contributed by atoms with E-state index in [-0.39, 0.29) is 17.7 Å². The molecule has 7 nitrogen and oxygen atoms in total. The SMILES string of the molecule is O=C(c1ccco1)N1N=C(c2ccco2)C[C@@H]1c1cnc2ccccc2n1. The van der Waals surface area contributed by atoms with Gasteiger partial charge in [-0.1, -0.05) is 12.1 Å². The first kappa shape index (κ1) is 15.5. The Bertz CT molecular complexity index is 1130. The molecule has 4 aromatic rings. The molecule has 1 amide bonds. The monoisotopic (exact) mass is 358 g/mol. The predicted octanol–water partition coefficient (Wildman–Crippen LogP) is 3.81. The Hall–Kier alpha value is -3.74. The van der Waals surface area contributed by atoms with E-state index in [0.717, 1.165) is 11.0 Å². The molecule has 1 atom stereocenters. The largest absolute Gasteiger partial charge is 0.463 e. The molecule has 0 N–H and O–H groups in total. The van der Waals surface area contributed by atoms with Crippen LogP contribution in [0.3, 0.4) is 0 Å². The van der Waals surface area contributed by atoms with Gasteiger partial charge in [0.15, 0.2) is 5.76 Å². The second-order valence-electron chi connectivity index (χ2n) is 6.15. The number of hydrazone groups is 1. The van der Waals surface area contributed by atoms with E-state index in [1.165, 1.54) is 11.3 Å². The molecule has 0 spiro atoms. The summed E-state index contributed by atoms with van der Waals surface area (Å²) in [6.45, 7) is 0. The summed E-state index contributed by atoms with van der Waals surface area (Å²) < 4.78 is 10.7. The highest BCUT2D eigenvalue weighted by Gasteiger charge is 2.36. The highest BCUT2D eigenvalue weighted by Crippen LogP contribution is 2.33. The lowest BCUT2D eigenvalue weighted by atomic mass is 10.1. The Kier molecular flexibility index (Phi) is 3.57. The van der Waals surface area contributed by atoms with Crippen LogP contribution < -0.4 is 0 Å². The lowest BCUT2D eigenvalue weighted by molar-refractivity contribution is 0.0675. The van der Waals surface area contributed by atoms with Crippen LogP contribution in [0.2, 0.25) is 0 Å². The summed E-state index contributed by atoms with van der Waals surface area (Å²) in [5.74, 6) is 0.517. The molecular weight excluding hydrogens is 344 g/mol. The summed E-state index contributed by atoms with van der Waals surface area (Å²) in [4.78, 5) is 22.1. The van der Waals surface area contributed by atoms with Gasteiger partial charge in [-0.2, -0.15) is 5.10 Å². The zero-order chi connectivity index (χ0) is 18.2. The van der Waals surface area contributed by atoms with Crippen molar-refractivity contribution < 1.29 is 13.6 Å². The van der Waals surface area contributed by atoms with Crippen LogP contribution in [0.4, 0.5) is 0 Å². The van der Waals surface area contributed by atoms with Crippen molar-refractivity contribution in [3.05, 3.63) is 84.5 Å². The van der Waals surface area contributed by atoms with Crippen molar-refractivity contribution in [2.45, 2.75) is 12.5 Å². The minimum Gasteiger partial charge on any atom is -0.463 e. The number of para-hydroxylation sites is 2. The molecule has 1 aromatic carbocycles. The van der Waals surface area contributed by atoms with Gasteiger partial charge in [-0.05, 0) is 36.4 Å². The Morgan fingerprint density at radius 2 is 1.81 bits per heavy atom. The van der Waals surface area contributed by atoms with E-state index in [9.17, 15) is 4.79 Å². The second kappa shape index (κ2) is 6.21. The average molecular weight is 358 g/mol. The van der Waals surface area contributed by atoms with Gasteiger partial charge in [-0.25, -0.2) is 9.99 Å². The molecule has 0 radical (unpaired) electrons. The lowest BCUT2D eigenvalue weighted by Crippen LogP contribution is -2.27. The first-order valence-corrected chi connectivity index (χ1v) is 8.50. The van der Waals surface area contributed by atoms with E-state index in [1.807, 2.05) is 30.3 Å². The Labute approximate surface area is 153 Å². The molecule has 7 heteroatoms. The van der Waals surface area contributed by atoms with Crippen LogP contribution in [0, 0.1) is 0 Å². The van der Waals surface area contributed by atoms with Crippen LogP contribution in [-0.4, -0.2) is 26.6 Å². The maximum atomic E-state index is 12.9. The second-order valence-corrected chi connectivity index (χ2v) is 6.15. The topological polar surface area (TPSA) is 84.7 Å². The smallest absolute Gasteiger partial charge is 0.310 e. The van der Waals surface area contributed by atoms with Crippen molar-refractivity contribution >= 4 is 22.7 Å². The first-order chi connectivity index (χ1) is 13.3. The summed E-state index contributed by atoms with van der Waals surface area (Å²) >= 11 is 0. The van der Waals surface area contributed by atoms with Crippen molar-refractivity contribution in [1.82, 2.24) is 15.0 Å². The standard InChI is InChI=1S/C20H14N4O3/c25-20(19-8-4-10-27-19)24-17(11-15(23-24)18-7-3-9-26-18)16-12-21-13-5-1-2-6-14(13)22-16/h1-10,12,17H,11H2/t17-/m1/s1. The fourth-order valence-corrected chi connectivity index (χ4v) is 3.16. The first-order valence-electron chi connectivity index (χ1n) is 8.50. The predicted molar refractivity (Wildman–Crippen MR) is 97.0 cm³/mol. The Balaban J connectivity index is 1.57. The molecule has 0 unspecified atom stereocenters. The highest BCUT2D eigenvalue weighted by molar-refractivity contribution is 6.02. The normalized spacial score (nSPS) is 16.7. The molecule has 5 rings (SSSR count). The van der Waals surface area contributed by atoms with Gasteiger partial charge in [0, 0.05) is 6.42 Å². The summed E-state index contributed by atoms with van der Waals surface area (Å²) in [5.41, 5.74) is 2.92. The minimum atomic E-state index is -0.389. The van der Waals surface area contributed by atoms with E-state index in [1.54, 1.807) is 30.7 Å². The fourth-order valence-electron chi connectivity index (χ4n) is 3.16. The Morgan fingerprint density at radius 1 is 1.00 bits per heavy atom. The van der Waals surface area contributed by atoms with Gasteiger partial charge < -0.3 is 8.83 Å². The number of carbonyl (C=O) groups is 1. The van der Waals surface area contributed by atoms with E-state index >= 15 is 0 Å². The molecule has 0 aliphatic carbocycles. The summed E-state index contributed by atoms with van der Waals surface area (Å²) in [6.07, 6.45) is 5.22. The Morgan fingerprint density at radius 3 is 2.59 bits per heavy atom. The molecule has 4 heterocycles. The minimum absolute atomic E-state index is 0.221. The number of furan rings is 2. The zero-order valence-corrected chi connectivity index (χ0v) is 14.1. The molecule has 0 saturated heterocycles. The van der Waals surface area contributed by atoms with Crippen molar-refractivity contribution in [2.75, 3.05) is 0 Å². The van der Waals surface area contributed by atoms with E-state index in [4.69, 9.17) is 13.8 Å². The van der Waals surface area contributed by atoms with Gasteiger partial charge in [0.1, 0.15) is 17.5 Å². The van der Waals surface area contributed by atoms with Gasteiger partial charge in [0.25, 0.3) is 0 Å². The van der Waals surface area contributed by atoms with E-state index in [2.05, 4.69) is 10.1 Å². The third-order valence-electron chi connectivity index (χ3n) is 4.46. The van der Waals surface area contributed by atoms with Crippen molar-refractivity contribution in [3.63, 3.8) is 0 Å². The van der Waals surface area contributed by atoms with Crippen molar-refractivity contribution in [3.8, 4) is 0 Å². The number of aromatic nitrogens is 2. The van der Waals surface area contributed by atoms with Gasteiger partial charge in [0.05, 0.1) is 35.5 Å². The molecular formula is C20H14N4O3. The number of hydrogen-bond acceptors (Lipinski definition) is 6. The lowest BCUT2D eigenvalue weighted by Gasteiger charge is -2.20. The molecule has 0 bridgehead atoms. The molecule has 0 saturated carbocycles. The number of hydrogen-bond donors (Lipinski definition) is 0. The number of fused-ring (bicyclic) bond motifs is 1. The molecule has 1 aliphatic heterocycles. The van der Waals surface area contributed by atoms with Crippen molar-refractivity contribution in [1.29, 1.82) is 0 Å². The van der Waals surface area contributed by atoms with Crippen LogP contribution in [0.25, 0.3) is 11.0 Å². The van der Waals surface area contributed by atoms with Crippen LogP contribution in [0.15, 0.2) is 81.2 Å². The van der Waals surface area contributed by atoms with Gasteiger partial charge in [-0.3, -0.25) is 9.78 Å². The van der Waals surface area contributed by atoms with Gasteiger partial charge in [-0.15, -0.1) is 0 Å². The van der Waals surface area contributed by atoms with Crippen LogP contribution in [0.1, 0.15) is 34.5 Å². The third kappa shape index (κ3) is 2.69. The summed E-state index contributed by atoms with van der Waals surface area (Å²) in [6, 6.07) is 14.1. The average Bonchev–Trinajstić information content (AvgIpc) is 3.48. The van der Waals surface area contributed by atoms with Gasteiger partial charge >= 0.3 is 5.91 Å². The molecule has 1 aliphatic rings. The van der Waals surface area contributed by atoms with Crippen LogP contribution in [-0.2, 0) is 0 Å². The number of rotatable bonds is 3. The van der Waals surface area contributed by atoms with Gasteiger partial charge in [0.2, 0.25) is 0 Å².